The number of fused-ring (bicyclic) bond motifs is 1. The lowest BCUT2D eigenvalue weighted by molar-refractivity contribution is 0.0885. The van der Waals surface area contributed by atoms with E-state index in [2.05, 4.69) is 15.3 Å². The minimum atomic E-state index is -0.107. The normalized spacial score (nSPS) is 19.8. The fourth-order valence-corrected chi connectivity index (χ4v) is 3.36. The molecule has 1 saturated carbocycles. The van der Waals surface area contributed by atoms with Crippen molar-refractivity contribution in [2.45, 2.75) is 37.8 Å². The zero-order valence-corrected chi connectivity index (χ0v) is 14.5. The lowest BCUT2D eigenvalue weighted by atomic mass is 9.93. The number of hydrogen-bond donors (Lipinski definition) is 1. The fraction of sp³-hybridized carbons (Fsp3) is 0.286. The van der Waals surface area contributed by atoms with Gasteiger partial charge in [-0.15, -0.1) is 0 Å². The van der Waals surface area contributed by atoms with Crippen molar-refractivity contribution in [3.63, 3.8) is 0 Å². The van der Waals surface area contributed by atoms with Gasteiger partial charge < -0.3 is 10.1 Å². The summed E-state index contributed by atoms with van der Waals surface area (Å²) in [5.41, 5.74) is 1.31. The van der Waals surface area contributed by atoms with Gasteiger partial charge in [0.2, 0.25) is 5.88 Å². The van der Waals surface area contributed by atoms with Crippen molar-refractivity contribution < 1.29 is 9.53 Å². The number of para-hydroxylation sites is 1. The van der Waals surface area contributed by atoms with Crippen LogP contribution in [0.15, 0.2) is 60.8 Å². The van der Waals surface area contributed by atoms with Crippen molar-refractivity contribution in [3.8, 4) is 5.88 Å². The highest BCUT2D eigenvalue weighted by Crippen LogP contribution is 2.23. The van der Waals surface area contributed by atoms with Gasteiger partial charge in [-0.25, -0.2) is 9.97 Å². The van der Waals surface area contributed by atoms with Crippen molar-refractivity contribution in [1.82, 2.24) is 15.3 Å². The zero-order valence-electron chi connectivity index (χ0n) is 14.5. The number of benzene rings is 1. The molecule has 0 radical (unpaired) electrons. The van der Waals surface area contributed by atoms with Gasteiger partial charge in [0.1, 0.15) is 11.8 Å². The molecule has 1 amide bonds. The first-order valence-corrected chi connectivity index (χ1v) is 9.02. The highest BCUT2D eigenvalue weighted by Gasteiger charge is 2.24. The number of rotatable bonds is 4. The summed E-state index contributed by atoms with van der Waals surface area (Å²) < 4.78 is 5.91. The van der Waals surface area contributed by atoms with Crippen LogP contribution < -0.4 is 10.1 Å². The van der Waals surface area contributed by atoms with E-state index in [4.69, 9.17) is 4.74 Å². The molecule has 5 nitrogen and oxygen atoms in total. The second kappa shape index (κ2) is 7.52. The van der Waals surface area contributed by atoms with Crippen molar-refractivity contribution in [2.24, 2.45) is 0 Å². The number of amides is 1. The Labute approximate surface area is 152 Å². The molecule has 1 fully saturated rings. The van der Waals surface area contributed by atoms with Gasteiger partial charge in [-0.2, -0.15) is 0 Å². The number of nitrogens with zero attached hydrogens (tertiary/aromatic N) is 2. The highest BCUT2D eigenvalue weighted by molar-refractivity contribution is 5.95. The number of nitrogens with one attached hydrogen (secondary N) is 1. The summed E-state index contributed by atoms with van der Waals surface area (Å²) in [5, 5.41) is 4.15. The van der Waals surface area contributed by atoms with Gasteiger partial charge in [0.05, 0.1) is 5.52 Å². The standard InChI is InChI=1S/C21H21N3O2/c25-21(19-13-8-15-5-1-2-6-18(15)24-19)23-16-9-11-17(12-10-16)26-20-7-3-4-14-22-20/h1-8,13-14,16-17H,9-12H2,(H,23,25). The molecule has 1 N–H and O–H groups in total. The molecule has 1 aliphatic rings. The average Bonchev–Trinajstić information content (AvgIpc) is 2.70. The molecule has 26 heavy (non-hydrogen) atoms. The molecule has 0 bridgehead atoms. The van der Waals surface area contributed by atoms with E-state index in [-0.39, 0.29) is 18.1 Å². The van der Waals surface area contributed by atoms with Gasteiger partial charge in [0.15, 0.2) is 0 Å². The quantitative estimate of drug-likeness (QED) is 0.781. The predicted molar refractivity (Wildman–Crippen MR) is 100 cm³/mol. The van der Waals surface area contributed by atoms with Crippen LogP contribution in [-0.4, -0.2) is 28.0 Å². The van der Waals surface area contributed by atoms with E-state index < -0.39 is 0 Å². The summed E-state index contributed by atoms with van der Waals surface area (Å²) in [6.45, 7) is 0. The smallest absolute Gasteiger partial charge is 0.270 e. The molecular weight excluding hydrogens is 326 g/mol. The summed E-state index contributed by atoms with van der Waals surface area (Å²) in [7, 11) is 0. The summed E-state index contributed by atoms with van der Waals surface area (Å²) in [6, 6.07) is 17.4. The molecule has 2 aromatic heterocycles. The lowest BCUT2D eigenvalue weighted by Crippen LogP contribution is -2.40. The second-order valence-corrected chi connectivity index (χ2v) is 6.62. The van der Waals surface area contributed by atoms with E-state index >= 15 is 0 Å². The molecule has 2 heterocycles. The molecular formula is C21H21N3O2. The topological polar surface area (TPSA) is 64.1 Å². The first kappa shape index (κ1) is 16.5. The molecule has 0 aliphatic heterocycles. The number of aromatic nitrogens is 2. The number of pyridine rings is 2. The molecule has 1 aliphatic carbocycles. The van der Waals surface area contributed by atoms with Crippen molar-refractivity contribution in [1.29, 1.82) is 0 Å². The van der Waals surface area contributed by atoms with Crippen LogP contribution in [0.25, 0.3) is 10.9 Å². The van der Waals surface area contributed by atoms with Crippen LogP contribution >= 0.6 is 0 Å². The monoisotopic (exact) mass is 347 g/mol. The van der Waals surface area contributed by atoms with E-state index in [0.717, 1.165) is 36.6 Å². The number of carbonyl (C=O) groups is 1. The van der Waals surface area contributed by atoms with Crippen LogP contribution in [0.2, 0.25) is 0 Å². The van der Waals surface area contributed by atoms with Crippen LogP contribution in [-0.2, 0) is 0 Å². The van der Waals surface area contributed by atoms with Crippen LogP contribution in [0.5, 0.6) is 5.88 Å². The SMILES string of the molecule is O=C(NC1CCC(Oc2ccccn2)CC1)c1ccc2ccccc2n1. The highest BCUT2D eigenvalue weighted by atomic mass is 16.5. The van der Waals surface area contributed by atoms with Crippen LogP contribution in [0, 0.1) is 0 Å². The van der Waals surface area contributed by atoms with Crippen LogP contribution in [0.4, 0.5) is 0 Å². The Balaban J connectivity index is 1.32. The minimum Gasteiger partial charge on any atom is -0.474 e. The zero-order chi connectivity index (χ0) is 17.8. The Kier molecular flexibility index (Phi) is 4.78. The summed E-state index contributed by atoms with van der Waals surface area (Å²) in [4.78, 5) is 21.2. The molecule has 0 saturated heterocycles. The summed E-state index contributed by atoms with van der Waals surface area (Å²) >= 11 is 0. The number of carbonyl (C=O) groups excluding carboxylic acids is 1. The first-order valence-electron chi connectivity index (χ1n) is 9.02. The van der Waals surface area contributed by atoms with E-state index in [1.54, 1.807) is 12.3 Å². The molecule has 3 aromatic rings. The van der Waals surface area contributed by atoms with Gasteiger partial charge in [-0.3, -0.25) is 4.79 Å². The third kappa shape index (κ3) is 3.82. The Morgan fingerprint density at radius 1 is 0.962 bits per heavy atom. The van der Waals surface area contributed by atoms with E-state index in [9.17, 15) is 4.79 Å². The third-order valence-corrected chi connectivity index (χ3v) is 4.77. The average molecular weight is 347 g/mol. The van der Waals surface area contributed by atoms with Crippen molar-refractivity contribution in [2.75, 3.05) is 0 Å². The maximum atomic E-state index is 12.5. The minimum absolute atomic E-state index is 0.107. The molecule has 1 aromatic carbocycles. The first-order chi connectivity index (χ1) is 12.8. The third-order valence-electron chi connectivity index (χ3n) is 4.77. The van der Waals surface area contributed by atoms with Crippen molar-refractivity contribution in [3.05, 3.63) is 66.5 Å². The molecule has 0 unspecified atom stereocenters. The Bertz CT molecular complexity index is 890. The Morgan fingerprint density at radius 2 is 1.77 bits per heavy atom. The Morgan fingerprint density at radius 3 is 2.58 bits per heavy atom. The molecule has 132 valence electrons. The van der Waals surface area contributed by atoms with Gasteiger partial charge in [-0.1, -0.05) is 30.3 Å². The summed E-state index contributed by atoms with van der Waals surface area (Å²) in [6.07, 6.45) is 5.52. The fourth-order valence-electron chi connectivity index (χ4n) is 3.36. The van der Waals surface area contributed by atoms with Gasteiger partial charge >= 0.3 is 0 Å². The molecule has 4 rings (SSSR count). The van der Waals surface area contributed by atoms with Crippen LogP contribution in [0.3, 0.4) is 0 Å². The summed E-state index contributed by atoms with van der Waals surface area (Å²) in [5.74, 6) is 0.560. The maximum Gasteiger partial charge on any atom is 0.270 e. The van der Waals surface area contributed by atoms with E-state index in [1.165, 1.54) is 0 Å². The molecule has 0 atom stereocenters. The van der Waals surface area contributed by atoms with Gasteiger partial charge in [0, 0.05) is 23.7 Å². The largest absolute Gasteiger partial charge is 0.474 e. The van der Waals surface area contributed by atoms with Crippen molar-refractivity contribution >= 4 is 16.8 Å². The molecule has 0 spiro atoms. The predicted octanol–water partition coefficient (Wildman–Crippen LogP) is 3.75. The van der Waals surface area contributed by atoms with E-state index in [0.29, 0.717) is 11.6 Å². The number of ether oxygens (including phenoxy) is 1. The van der Waals surface area contributed by atoms with E-state index in [1.807, 2.05) is 48.5 Å². The molecule has 5 heteroatoms. The maximum absolute atomic E-state index is 12.5. The second-order valence-electron chi connectivity index (χ2n) is 6.62. The van der Waals surface area contributed by atoms with Gasteiger partial charge in [0.25, 0.3) is 5.91 Å². The lowest BCUT2D eigenvalue weighted by Gasteiger charge is -2.29. The van der Waals surface area contributed by atoms with Gasteiger partial charge in [-0.05, 0) is 43.9 Å². The number of hydrogen-bond acceptors (Lipinski definition) is 4. The van der Waals surface area contributed by atoms with Crippen LogP contribution in [0.1, 0.15) is 36.2 Å². The Hall–Kier alpha value is -2.95.